The topological polar surface area (TPSA) is 29.5 Å². The first-order chi connectivity index (χ1) is 6.86. The Morgan fingerprint density at radius 1 is 1.40 bits per heavy atom. The minimum atomic E-state index is -1.96. The minimum Gasteiger partial charge on any atom is -0.497 e. The first-order valence-electron chi connectivity index (χ1n) is 3.94. The molecule has 1 N–H and O–H groups in total. The Morgan fingerprint density at radius 3 is 2.40 bits per heavy atom. The van der Waals surface area contributed by atoms with E-state index < -0.39 is 15.7 Å². The van der Waals surface area contributed by atoms with E-state index in [0.717, 1.165) is 6.07 Å². The fourth-order valence-corrected chi connectivity index (χ4v) is 1.39. The molecule has 6 heteroatoms. The first-order valence-corrected chi connectivity index (χ1v) is 5.08. The number of halogens is 4. The molecule has 1 aromatic rings. The predicted octanol–water partition coefficient (Wildman–Crippen LogP) is 3.24. The molecule has 1 rings (SSSR count). The second-order valence-electron chi connectivity index (χ2n) is 2.83. The fourth-order valence-electron chi connectivity index (χ4n) is 1.03. The molecular formula is C9H8Cl3FO2. The second kappa shape index (κ2) is 4.74. The Kier molecular flexibility index (Phi) is 4.06. The number of rotatable bonds is 2. The van der Waals surface area contributed by atoms with Gasteiger partial charge in [0.2, 0.25) is 3.79 Å². The lowest BCUT2D eigenvalue weighted by Crippen LogP contribution is -2.17. The lowest BCUT2D eigenvalue weighted by atomic mass is 10.1. The summed E-state index contributed by atoms with van der Waals surface area (Å²) in [5.74, 6) is -0.360. The highest BCUT2D eigenvalue weighted by Crippen LogP contribution is 2.40. The number of ether oxygens (including phenoxy) is 1. The third-order valence-electron chi connectivity index (χ3n) is 1.81. The second-order valence-corrected chi connectivity index (χ2v) is 5.20. The van der Waals surface area contributed by atoms with Gasteiger partial charge in [-0.3, -0.25) is 0 Å². The van der Waals surface area contributed by atoms with Crippen LogP contribution < -0.4 is 4.74 Å². The van der Waals surface area contributed by atoms with Crippen molar-refractivity contribution < 1.29 is 14.2 Å². The Labute approximate surface area is 102 Å². The van der Waals surface area contributed by atoms with Crippen LogP contribution in [0.3, 0.4) is 0 Å². The average molecular weight is 274 g/mol. The van der Waals surface area contributed by atoms with Gasteiger partial charge in [0, 0.05) is 11.6 Å². The maximum Gasteiger partial charge on any atom is 0.220 e. The Balaban J connectivity index is 3.06. The molecule has 1 aromatic carbocycles. The summed E-state index contributed by atoms with van der Waals surface area (Å²) in [4.78, 5) is 0. The number of hydrogen-bond donors (Lipinski definition) is 1. The van der Waals surface area contributed by atoms with Gasteiger partial charge in [0.15, 0.2) is 0 Å². The van der Waals surface area contributed by atoms with Crippen LogP contribution in [0.4, 0.5) is 4.39 Å². The average Bonchev–Trinajstić information content (AvgIpc) is 2.15. The fraction of sp³-hybridized carbons (Fsp3) is 0.333. The van der Waals surface area contributed by atoms with Crippen molar-refractivity contribution in [3.8, 4) is 5.75 Å². The number of alkyl halides is 3. The van der Waals surface area contributed by atoms with Crippen LogP contribution in [0.1, 0.15) is 11.7 Å². The molecule has 0 amide bonds. The van der Waals surface area contributed by atoms with Gasteiger partial charge in [-0.15, -0.1) is 0 Å². The molecule has 1 unspecified atom stereocenters. The highest BCUT2D eigenvalue weighted by atomic mass is 35.6. The highest BCUT2D eigenvalue weighted by Gasteiger charge is 2.33. The molecular weight excluding hydrogens is 265 g/mol. The van der Waals surface area contributed by atoms with Crippen molar-refractivity contribution >= 4 is 34.8 Å². The van der Waals surface area contributed by atoms with Gasteiger partial charge < -0.3 is 9.84 Å². The van der Waals surface area contributed by atoms with Crippen LogP contribution in [0.15, 0.2) is 18.2 Å². The number of aliphatic hydroxyl groups is 1. The molecule has 0 aromatic heterocycles. The van der Waals surface area contributed by atoms with Gasteiger partial charge in [-0.25, -0.2) is 4.39 Å². The van der Waals surface area contributed by atoms with Gasteiger partial charge in [-0.1, -0.05) is 34.8 Å². The van der Waals surface area contributed by atoms with Crippen LogP contribution in [0.25, 0.3) is 0 Å². The third-order valence-corrected chi connectivity index (χ3v) is 2.43. The molecule has 0 aliphatic rings. The van der Waals surface area contributed by atoms with Crippen molar-refractivity contribution in [2.45, 2.75) is 9.90 Å². The zero-order chi connectivity index (χ0) is 11.6. The van der Waals surface area contributed by atoms with Gasteiger partial charge in [-0.05, 0) is 12.1 Å². The molecule has 2 nitrogen and oxygen atoms in total. The van der Waals surface area contributed by atoms with Crippen molar-refractivity contribution in [1.29, 1.82) is 0 Å². The smallest absolute Gasteiger partial charge is 0.220 e. The Hall–Kier alpha value is -0.220. The van der Waals surface area contributed by atoms with Crippen LogP contribution in [0, 0.1) is 5.82 Å². The number of hydrogen-bond acceptors (Lipinski definition) is 2. The Bertz CT molecular complexity index is 352. The minimum absolute atomic E-state index is 0.0872. The van der Waals surface area contributed by atoms with E-state index in [-0.39, 0.29) is 5.56 Å². The number of aliphatic hydroxyl groups excluding tert-OH is 1. The van der Waals surface area contributed by atoms with Crippen LogP contribution >= 0.6 is 34.8 Å². The van der Waals surface area contributed by atoms with Gasteiger partial charge in [0.1, 0.15) is 17.7 Å². The monoisotopic (exact) mass is 272 g/mol. The molecule has 84 valence electrons. The van der Waals surface area contributed by atoms with Crippen molar-refractivity contribution in [2.75, 3.05) is 7.11 Å². The standard InChI is InChI=1S/C9H8Cl3FO2/c1-15-5-2-3-6(7(13)4-5)8(14)9(10,11)12/h2-4,8,14H,1H3. The summed E-state index contributed by atoms with van der Waals surface area (Å²) < 4.78 is 16.2. The van der Waals surface area contributed by atoms with Crippen LogP contribution in [-0.4, -0.2) is 16.0 Å². The summed E-state index contributed by atoms with van der Waals surface area (Å²) in [5.41, 5.74) is -0.0872. The van der Waals surface area contributed by atoms with E-state index in [1.807, 2.05) is 0 Å². The van der Waals surface area contributed by atoms with Crippen molar-refractivity contribution in [3.05, 3.63) is 29.6 Å². The van der Waals surface area contributed by atoms with Crippen LogP contribution in [-0.2, 0) is 0 Å². The molecule has 15 heavy (non-hydrogen) atoms. The summed E-state index contributed by atoms with van der Waals surface area (Å²) in [5, 5.41) is 9.52. The van der Waals surface area contributed by atoms with Gasteiger partial charge >= 0.3 is 0 Å². The molecule has 0 fully saturated rings. The maximum absolute atomic E-state index is 13.4. The predicted molar refractivity (Wildman–Crippen MR) is 58.2 cm³/mol. The van der Waals surface area contributed by atoms with E-state index in [4.69, 9.17) is 39.5 Å². The summed E-state index contributed by atoms with van der Waals surface area (Å²) in [6, 6.07) is 3.88. The van der Waals surface area contributed by atoms with E-state index >= 15 is 0 Å². The molecule has 0 spiro atoms. The van der Waals surface area contributed by atoms with Crippen molar-refractivity contribution in [1.82, 2.24) is 0 Å². The van der Waals surface area contributed by atoms with E-state index in [1.165, 1.54) is 19.2 Å². The van der Waals surface area contributed by atoms with E-state index in [0.29, 0.717) is 5.75 Å². The molecule has 0 radical (unpaired) electrons. The highest BCUT2D eigenvalue weighted by molar-refractivity contribution is 6.68. The van der Waals surface area contributed by atoms with E-state index in [9.17, 15) is 9.50 Å². The lowest BCUT2D eigenvalue weighted by Gasteiger charge is -2.19. The molecule has 0 bridgehead atoms. The van der Waals surface area contributed by atoms with E-state index in [1.54, 1.807) is 0 Å². The first kappa shape index (κ1) is 12.8. The SMILES string of the molecule is COc1ccc(C(O)C(Cl)(Cl)Cl)c(F)c1. The molecule has 0 saturated heterocycles. The van der Waals surface area contributed by atoms with Crippen molar-refractivity contribution in [3.63, 3.8) is 0 Å². The van der Waals surface area contributed by atoms with Crippen LogP contribution in [0.5, 0.6) is 5.75 Å². The van der Waals surface area contributed by atoms with Gasteiger partial charge in [-0.2, -0.15) is 0 Å². The summed E-state index contributed by atoms with van der Waals surface area (Å²) in [7, 11) is 1.40. The summed E-state index contributed by atoms with van der Waals surface area (Å²) in [6.45, 7) is 0. The normalized spacial score (nSPS) is 13.7. The zero-order valence-electron chi connectivity index (χ0n) is 7.68. The third kappa shape index (κ3) is 3.11. The number of methoxy groups -OCH3 is 1. The molecule has 0 saturated carbocycles. The molecule has 0 aliphatic carbocycles. The molecule has 1 atom stereocenters. The van der Waals surface area contributed by atoms with E-state index in [2.05, 4.69) is 0 Å². The summed E-state index contributed by atoms with van der Waals surface area (Å²) >= 11 is 16.3. The Morgan fingerprint density at radius 2 is 2.00 bits per heavy atom. The molecule has 0 heterocycles. The number of benzene rings is 1. The van der Waals surface area contributed by atoms with Crippen LogP contribution in [0.2, 0.25) is 0 Å². The quantitative estimate of drug-likeness (QED) is 0.838. The molecule has 0 aliphatic heterocycles. The lowest BCUT2D eigenvalue weighted by molar-refractivity contribution is 0.177. The van der Waals surface area contributed by atoms with Gasteiger partial charge in [0.25, 0.3) is 0 Å². The largest absolute Gasteiger partial charge is 0.497 e. The van der Waals surface area contributed by atoms with Gasteiger partial charge in [0.05, 0.1) is 7.11 Å². The zero-order valence-corrected chi connectivity index (χ0v) is 9.94. The summed E-state index contributed by atoms with van der Waals surface area (Å²) in [6.07, 6.45) is -1.52. The van der Waals surface area contributed by atoms with Crippen molar-refractivity contribution in [2.24, 2.45) is 0 Å². The maximum atomic E-state index is 13.4.